The zero-order valence-corrected chi connectivity index (χ0v) is 12.7. The third-order valence-electron chi connectivity index (χ3n) is 3.83. The predicted molar refractivity (Wildman–Crippen MR) is 79.5 cm³/mol. The largest absolute Gasteiger partial charge is 0.486 e. The molecule has 0 fully saturated rings. The number of nitrogens with zero attached hydrogens (tertiary/aromatic N) is 1. The number of amides is 1. The first kappa shape index (κ1) is 14.5. The van der Waals surface area contributed by atoms with Crippen LogP contribution in [0.3, 0.4) is 0 Å². The lowest BCUT2D eigenvalue weighted by molar-refractivity contribution is -0.143. The van der Waals surface area contributed by atoms with Gasteiger partial charge in [-0.25, -0.2) is 4.79 Å². The van der Waals surface area contributed by atoms with Gasteiger partial charge in [0.25, 0.3) is 0 Å². The Morgan fingerprint density at radius 2 is 2.00 bits per heavy atom. The highest BCUT2D eigenvalue weighted by Gasteiger charge is 2.37. The molecule has 0 spiro atoms. The maximum atomic E-state index is 12.5. The molecule has 0 saturated carbocycles. The highest BCUT2D eigenvalue weighted by molar-refractivity contribution is 6.08. The molecule has 0 saturated heterocycles. The van der Waals surface area contributed by atoms with Crippen molar-refractivity contribution in [2.75, 3.05) is 30.5 Å². The van der Waals surface area contributed by atoms with Gasteiger partial charge >= 0.3 is 5.97 Å². The normalized spacial score (nSPS) is 20.8. The molecular weight excluding hydrogens is 288 g/mol. The molecule has 0 aromatic heterocycles. The van der Waals surface area contributed by atoms with Crippen LogP contribution < -0.4 is 19.7 Å². The minimum Gasteiger partial charge on any atom is -0.486 e. The summed E-state index contributed by atoms with van der Waals surface area (Å²) in [5.74, 6) is 0.534. The minimum absolute atomic E-state index is 0.193. The number of benzene rings is 1. The zero-order chi connectivity index (χ0) is 15.9. The van der Waals surface area contributed by atoms with Gasteiger partial charge in [0.15, 0.2) is 11.5 Å². The van der Waals surface area contributed by atoms with Crippen molar-refractivity contribution in [3.05, 3.63) is 12.1 Å². The molecule has 22 heavy (non-hydrogen) atoms. The summed E-state index contributed by atoms with van der Waals surface area (Å²) in [7, 11) is 1.31. The third kappa shape index (κ3) is 2.22. The SMILES string of the molecule is COC(=O)C(C)N1C(=O)C(C)Nc2cc3c(cc21)OCCO3. The lowest BCUT2D eigenvalue weighted by atomic mass is 10.1. The van der Waals surface area contributed by atoms with E-state index < -0.39 is 18.1 Å². The summed E-state index contributed by atoms with van der Waals surface area (Å²) >= 11 is 0. The first-order valence-electron chi connectivity index (χ1n) is 7.14. The lowest BCUT2D eigenvalue weighted by Gasteiger charge is -2.37. The number of ether oxygens (including phenoxy) is 3. The highest BCUT2D eigenvalue weighted by atomic mass is 16.6. The maximum absolute atomic E-state index is 12.5. The van der Waals surface area contributed by atoms with E-state index in [1.54, 1.807) is 26.0 Å². The number of carbonyl (C=O) groups is 2. The summed E-state index contributed by atoms with van der Waals surface area (Å²) in [6, 6.07) is 2.36. The van der Waals surface area contributed by atoms with Gasteiger partial charge in [-0.15, -0.1) is 0 Å². The van der Waals surface area contributed by atoms with Crippen molar-refractivity contribution in [3.63, 3.8) is 0 Å². The van der Waals surface area contributed by atoms with Crippen LogP contribution in [0.5, 0.6) is 11.5 Å². The lowest BCUT2D eigenvalue weighted by Crippen LogP contribution is -2.52. The van der Waals surface area contributed by atoms with E-state index >= 15 is 0 Å². The van der Waals surface area contributed by atoms with E-state index in [1.807, 2.05) is 0 Å². The predicted octanol–water partition coefficient (Wildman–Crippen LogP) is 1.17. The van der Waals surface area contributed by atoms with Crippen LogP contribution in [-0.4, -0.2) is 44.3 Å². The van der Waals surface area contributed by atoms with E-state index in [-0.39, 0.29) is 5.91 Å². The quantitative estimate of drug-likeness (QED) is 0.826. The number of esters is 1. The molecule has 2 atom stereocenters. The van der Waals surface area contributed by atoms with Crippen LogP contribution in [0.1, 0.15) is 13.8 Å². The molecule has 7 nitrogen and oxygen atoms in total. The molecule has 7 heteroatoms. The van der Waals surface area contributed by atoms with Gasteiger partial charge in [0.2, 0.25) is 5.91 Å². The van der Waals surface area contributed by atoms with Gasteiger partial charge in [0.1, 0.15) is 25.3 Å². The van der Waals surface area contributed by atoms with Crippen molar-refractivity contribution in [1.82, 2.24) is 0 Å². The number of hydrogen-bond donors (Lipinski definition) is 1. The monoisotopic (exact) mass is 306 g/mol. The summed E-state index contributed by atoms with van der Waals surface area (Å²) in [6.45, 7) is 4.33. The van der Waals surface area contributed by atoms with Gasteiger partial charge in [0, 0.05) is 12.1 Å². The average Bonchev–Trinajstić information content (AvgIpc) is 2.53. The molecular formula is C15H18N2O5. The molecule has 1 aromatic carbocycles. The molecule has 0 radical (unpaired) electrons. The van der Waals surface area contributed by atoms with Crippen LogP contribution in [0.4, 0.5) is 11.4 Å². The van der Waals surface area contributed by atoms with Gasteiger partial charge in [-0.2, -0.15) is 0 Å². The second-order valence-electron chi connectivity index (χ2n) is 5.29. The van der Waals surface area contributed by atoms with Gasteiger partial charge in [-0.05, 0) is 13.8 Å². The van der Waals surface area contributed by atoms with E-state index in [2.05, 4.69) is 5.32 Å². The topological polar surface area (TPSA) is 77.1 Å². The fourth-order valence-electron chi connectivity index (χ4n) is 2.69. The summed E-state index contributed by atoms with van der Waals surface area (Å²) in [5.41, 5.74) is 1.32. The number of anilines is 2. The Balaban J connectivity index is 2.08. The van der Waals surface area contributed by atoms with Crippen LogP contribution in [-0.2, 0) is 14.3 Å². The van der Waals surface area contributed by atoms with Crippen LogP contribution >= 0.6 is 0 Å². The fourth-order valence-corrected chi connectivity index (χ4v) is 2.69. The van der Waals surface area contributed by atoms with Gasteiger partial charge in [-0.1, -0.05) is 0 Å². The second kappa shape index (κ2) is 5.40. The van der Waals surface area contributed by atoms with Gasteiger partial charge in [-0.3, -0.25) is 9.69 Å². The van der Waals surface area contributed by atoms with E-state index in [1.165, 1.54) is 12.0 Å². The smallest absolute Gasteiger partial charge is 0.328 e. The fraction of sp³-hybridized carbons (Fsp3) is 0.467. The van der Waals surface area contributed by atoms with Crippen molar-refractivity contribution in [3.8, 4) is 11.5 Å². The van der Waals surface area contributed by atoms with E-state index in [4.69, 9.17) is 14.2 Å². The molecule has 0 aliphatic carbocycles. The van der Waals surface area contributed by atoms with Crippen molar-refractivity contribution in [2.24, 2.45) is 0 Å². The molecule has 3 rings (SSSR count). The van der Waals surface area contributed by atoms with E-state index in [9.17, 15) is 9.59 Å². The number of carbonyl (C=O) groups excluding carboxylic acids is 2. The third-order valence-corrected chi connectivity index (χ3v) is 3.83. The minimum atomic E-state index is -0.719. The zero-order valence-electron chi connectivity index (χ0n) is 12.7. The second-order valence-corrected chi connectivity index (χ2v) is 5.29. The summed E-state index contributed by atoms with van der Waals surface area (Å²) in [4.78, 5) is 25.8. The highest BCUT2D eigenvalue weighted by Crippen LogP contribution is 2.43. The van der Waals surface area contributed by atoms with Gasteiger partial charge in [0.05, 0.1) is 18.5 Å². The van der Waals surface area contributed by atoms with Crippen LogP contribution in [0, 0.1) is 0 Å². The molecule has 1 amide bonds. The first-order valence-corrected chi connectivity index (χ1v) is 7.14. The molecule has 1 N–H and O–H groups in total. The Labute approximate surface area is 128 Å². The Morgan fingerprint density at radius 1 is 1.36 bits per heavy atom. The molecule has 118 valence electrons. The van der Waals surface area contributed by atoms with Crippen molar-refractivity contribution in [1.29, 1.82) is 0 Å². The molecule has 2 unspecified atom stereocenters. The first-order chi connectivity index (χ1) is 10.5. The Morgan fingerprint density at radius 3 is 2.64 bits per heavy atom. The molecule has 2 heterocycles. The van der Waals surface area contributed by atoms with Gasteiger partial charge < -0.3 is 19.5 Å². The average molecular weight is 306 g/mol. The molecule has 2 aliphatic heterocycles. The van der Waals surface area contributed by atoms with Crippen LogP contribution in [0.25, 0.3) is 0 Å². The van der Waals surface area contributed by atoms with E-state index in [0.29, 0.717) is 30.4 Å². The number of hydrogen-bond acceptors (Lipinski definition) is 6. The number of methoxy groups -OCH3 is 1. The molecule has 2 aliphatic rings. The Bertz CT molecular complexity index is 631. The van der Waals surface area contributed by atoms with Crippen LogP contribution in [0.2, 0.25) is 0 Å². The van der Waals surface area contributed by atoms with E-state index in [0.717, 1.165) is 5.69 Å². The van der Waals surface area contributed by atoms with Crippen molar-refractivity contribution >= 4 is 23.3 Å². The standard InChI is InChI=1S/C15H18N2O5/c1-8-14(18)17(9(2)15(19)20-3)11-7-13-12(6-10(11)16-8)21-4-5-22-13/h6-9,16H,4-5H2,1-3H3. The number of nitrogens with one attached hydrogen (secondary N) is 1. The summed E-state index contributed by atoms with van der Waals surface area (Å²) < 4.78 is 15.9. The van der Waals surface area contributed by atoms with Crippen LogP contribution in [0.15, 0.2) is 12.1 Å². The number of rotatable bonds is 2. The maximum Gasteiger partial charge on any atom is 0.328 e. The van der Waals surface area contributed by atoms with Crippen molar-refractivity contribution < 1.29 is 23.8 Å². The Hall–Kier alpha value is -2.44. The van der Waals surface area contributed by atoms with Crippen molar-refractivity contribution in [2.45, 2.75) is 25.9 Å². The number of fused-ring (bicyclic) bond motifs is 2. The summed E-state index contributed by atoms with van der Waals surface area (Å²) in [5, 5.41) is 3.12. The Kier molecular flexibility index (Phi) is 3.56. The molecule has 0 bridgehead atoms. The summed E-state index contributed by atoms with van der Waals surface area (Å²) in [6.07, 6.45) is 0. The molecule has 1 aromatic rings.